The minimum absolute atomic E-state index is 0.484. The Labute approximate surface area is 126 Å². The summed E-state index contributed by atoms with van der Waals surface area (Å²) in [6, 6.07) is 0. The van der Waals surface area contributed by atoms with E-state index in [2.05, 4.69) is 48.4 Å². The summed E-state index contributed by atoms with van der Waals surface area (Å²) < 4.78 is 6.33. The highest BCUT2D eigenvalue weighted by Crippen LogP contribution is 2.21. The van der Waals surface area contributed by atoms with Crippen molar-refractivity contribution in [3.63, 3.8) is 0 Å². The van der Waals surface area contributed by atoms with E-state index in [9.17, 15) is 0 Å². The van der Waals surface area contributed by atoms with E-state index in [1.54, 1.807) is 6.20 Å². The predicted molar refractivity (Wildman–Crippen MR) is 81.8 cm³/mol. The Bertz CT molecular complexity index is 565. The molecule has 0 amide bonds. The second-order valence-corrected chi connectivity index (χ2v) is 5.27. The summed E-state index contributed by atoms with van der Waals surface area (Å²) in [6.45, 7) is 7.25. The van der Waals surface area contributed by atoms with Crippen LogP contribution in [0.2, 0.25) is 0 Å². The van der Waals surface area contributed by atoms with Gasteiger partial charge in [0, 0.05) is 12.7 Å². The summed E-state index contributed by atoms with van der Waals surface area (Å²) in [6.07, 6.45) is 2.75. The first-order valence-corrected chi connectivity index (χ1v) is 7.32. The lowest BCUT2D eigenvalue weighted by molar-refractivity contribution is 0.478. The van der Waals surface area contributed by atoms with Crippen LogP contribution in [0.15, 0.2) is 15.1 Å². The van der Waals surface area contributed by atoms with Gasteiger partial charge in [0.25, 0.3) is 0 Å². The number of hydrogen-bond acceptors (Lipinski definition) is 6. The molecule has 2 aromatic heterocycles. The summed E-state index contributed by atoms with van der Waals surface area (Å²) in [5.41, 5.74) is 0.911. The number of rotatable bonds is 6. The van der Waals surface area contributed by atoms with Crippen molar-refractivity contribution in [3.05, 3.63) is 28.0 Å². The van der Waals surface area contributed by atoms with Crippen LogP contribution in [0.5, 0.6) is 0 Å². The highest BCUT2D eigenvalue weighted by Gasteiger charge is 2.08. The third-order valence-electron chi connectivity index (χ3n) is 2.76. The quantitative estimate of drug-likeness (QED) is 0.841. The van der Waals surface area contributed by atoms with Gasteiger partial charge < -0.3 is 15.1 Å². The Hall–Kier alpha value is -1.63. The molecule has 20 heavy (non-hydrogen) atoms. The van der Waals surface area contributed by atoms with E-state index in [0.29, 0.717) is 24.2 Å². The molecule has 6 nitrogen and oxygen atoms in total. The topological polar surface area (TPSA) is 75.9 Å². The molecular formula is C13H18BrN5O. The zero-order valence-corrected chi connectivity index (χ0v) is 13.4. The van der Waals surface area contributed by atoms with Crippen LogP contribution in [0.3, 0.4) is 0 Å². The van der Waals surface area contributed by atoms with Crippen molar-refractivity contribution in [2.75, 3.05) is 17.2 Å². The molecule has 0 aliphatic rings. The maximum atomic E-state index is 5.52. The van der Waals surface area contributed by atoms with Crippen molar-refractivity contribution in [1.82, 2.24) is 15.0 Å². The Balaban J connectivity index is 2.04. The molecule has 0 aliphatic heterocycles. The van der Waals surface area contributed by atoms with Gasteiger partial charge in [-0.25, -0.2) is 9.97 Å². The molecular weight excluding hydrogens is 322 g/mol. The van der Waals surface area contributed by atoms with Crippen LogP contribution >= 0.6 is 15.9 Å². The van der Waals surface area contributed by atoms with Crippen molar-refractivity contribution in [3.8, 4) is 0 Å². The summed E-state index contributed by atoms with van der Waals surface area (Å²) in [5.74, 6) is 2.81. The van der Waals surface area contributed by atoms with Gasteiger partial charge in [0.05, 0.1) is 16.7 Å². The fourth-order valence-electron chi connectivity index (χ4n) is 1.59. The number of anilines is 2. The summed E-state index contributed by atoms with van der Waals surface area (Å²) in [7, 11) is 0. The van der Waals surface area contributed by atoms with Crippen molar-refractivity contribution < 1.29 is 4.42 Å². The molecule has 0 saturated heterocycles. The minimum Gasteiger partial charge on any atom is -0.444 e. The summed E-state index contributed by atoms with van der Waals surface area (Å²) >= 11 is 3.43. The average molecular weight is 340 g/mol. The molecule has 2 aromatic rings. The van der Waals surface area contributed by atoms with E-state index in [1.807, 2.05) is 13.8 Å². The van der Waals surface area contributed by atoms with E-state index in [1.165, 1.54) is 0 Å². The van der Waals surface area contributed by atoms with Gasteiger partial charge in [-0.3, -0.25) is 0 Å². The molecule has 0 aliphatic carbocycles. The van der Waals surface area contributed by atoms with Gasteiger partial charge in [0.2, 0.25) is 11.8 Å². The molecule has 0 radical (unpaired) electrons. The third kappa shape index (κ3) is 3.69. The molecule has 0 aromatic carbocycles. The van der Waals surface area contributed by atoms with Crippen LogP contribution in [0, 0.1) is 13.8 Å². The maximum Gasteiger partial charge on any atom is 0.224 e. The van der Waals surface area contributed by atoms with E-state index < -0.39 is 0 Å². The van der Waals surface area contributed by atoms with Crippen LogP contribution in [0.4, 0.5) is 11.8 Å². The molecule has 0 unspecified atom stereocenters. The van der Waals surface area contributed by atoms with Gasteiger partial charge in [0.15, 0.2) is 0 Å². The number of nitrogens with one attached hydrogen (secondary N) is 2. The van der Waals surface area contributed by atoms with Crippen LogP contribution in [0.1, 0.15) is 30.7 Å². The van der Waals surface area contributed by atoms with Gasteiger partial charge >= 0.3 is 0 Å². The van der Waals surface area contributed by atoms with Gasteiger partial charge in [-0.15, -0.1) is 0 Å². The number of aromatic nitrogens is 3. The van der Waals surface area contributed by atoms with E-state index in [4.69, 9.17) is 4.42 Å². The number of oxazole rings is 1. The second kappa shape index (κ2) is 6.69. The highest BCUT2D eigenvalue weighted by molar-refractivity contribution is 9.10. The molecule has 0 saturated carbocycles. The lowest BCUT2D eigenvalue weighted by Crippen LogP contribution is -2.08. The first-order valence-electron chi connectivity index (χ1n) is 6.53. The number of nitrogens with zero attached hydrogens (tertiary/aromatic N) is 3. The van der Waals surface area contributed by atoms with Gasteiger partial charge in [-0.05, 0) is 36.2 Å². The maximum absolute atomic E-state index is 5.52. The SMILES string of the molecule is CCCNc1ncc(Br)c(NCc2nc(C)c(C)o2)n1. The first-order chi connectivity index (χ1) is 9.60. The summed E-state index contributed by atoms with van der Waals surface area (Å²) in [5, 5.41) is 6.34. The molecule has 0 atom stereocenters. The molecule has 2 N–H and O–H groups in total. The third-order valence-corrected chi connectivity index (χ3v) is 3.34. The van der Waals surface area contributed by atoms with Crippen molar-refractivity contribution in [2.45, 2.75) is 33.7 Å². The Kier molecular flexibility index (Phi) is 4.94. The van der Waals surface area contributed by atoms with E-state index >= 15 is 0 Å². The van der Waals surface area contributed by atoms with Crippen LogP contribution in [-0.2, 0) is 6.54 Å². The van der Waals surface area contributed by atoms with Crippen molar-refractivity contribution in [2.24, 2.45) is 0 Å². The van der Waals surface area contributed by atoms with Gasteiger partial charge in [-0.2, -0.15) is 4.98 Å². The lowest BCUT2D eigenvalue weighted by Gasteiger charge is -2.08. The smallest absolute Gasteiger partial charge is 0.224 e. The largest absolute Gasteiger partial charge is 0.444 e. The molecule has 108 valence electrons. The second-order valence-electron chi connectivity index (χ2n) is 4.42. The van der Waals surface area contributed by atoms with Crippen LogP contribution in [0.25, 0.3) is 0 Å². The zero-order valence-electron chi connectivity index (χ0n) is 11.8. The summed E-state index contributed by atoms with van der Waals surface area (Å²) in [4.78, 5) is 12.9. The number of hydrogen-bond donors (Lipinski definition) is 2. The average Bonchev–Trinajstić information content (AvgIpc) is 2.75. The van der Waals surface area contributed by atoms with Gasteiger partial charge in [0.1, 0.15) is 11.6 Å². The molecule has 0 bridgehead atoms. The van der Waals surface area contributed by atoms with Crippen molar-refractivity contribution in [1.29, 1.82) is 0 Å². The fourth-order valence-corrected chi connectivity index (χ4v) is 1.92. The molecule has 2 rings (SSSR count). The lowest BCUT2D eigenvalue weighted by atomic mass is 10.4. The normalized spacial score (nSPS) is 10.6. The van der Waals surface area contributed by atoms with Crippen molar-refractivity contribution >= 4 is 27.7 Å². The standard InChI is InChI=1S/C13H18BrN5O/c1-4-5-15-13-17-6-10(14)12(19-13)16-7-11-18-8(2)9(3)20-11/h6H,4-5,7H2,1-3H3,(H2,15,16,17,19). The van der Waals surface area contributed by atoms with Crippen LogP contribution in [-0.4, -0.2) is 21.5 Å². The highest BCUT2D eigenvalue weighted by atomic mass is 79.9. The van der Waals surface area contributed by atoms with Gasteiger partial charge in [-0.1, -0.05) is 6.92 Å². The molecule has 0 fully saturated rings. The molecule has 0 spiro atoms. The monoisotopic (exact) mass is 339 g/mol. The Morgan fingerprint density at radius 2 is 2.05 bits per heavy atom. The molecule has 7 heteroatoms. The van der Waals surface area contributed by atoms with E-state index in [0.717, 1.165) is 28.9 Å². The Morgan fingerprint density at radius 3 is 2.70 bits per heavy atom. The predicted octanol–water partition coefficient (Wildman–Crippen LogP) is 3.28. The Morgan fingerprint density at radius 1 is 1.25 bits per heavy atom. The number of aryl methyl sites for hydroxylation is 2. The number of halogens is 1. The minimum atomic E-state index is 0.484. The van der Waals surface area contributed by atoms with Crippen LogP contribution < -0.4 is 10.6 Å². The fraction of sp³-hybridized carbons (Fsp3) is 0.462. The molecule has 2 heterocycles. The van der Waals surface area contributed by atoms with E-state index in [-0.39, 0.29) is 0 Å². The first kappa shape index (κ1) is 14.8. The zero-order chi connectivity index (χ0) is 14.5.